The molecule has 0 aliphatic carbocycles. The normalized spacial score (nSPS) is 16.3. The Hall–Kier alpha value is -2.61. The van der Waals surface area contributed by atoms with E-state index < -0.39 is 17.3 Å². The Balaban J connectivity index is 2.33. The maximum absolute atomic E-state index is 14.7. The largest absolute Gasteiger partial charge is 0.351 e. The summed E-state index contributed by atoms with van der Waals surface area (Å²) >= 11 is 0. The molecule has 24 heavy (non-hydrogen) atoms. The third kappa shape index (κ3) is 2.06. The number of halogens is 2. The molecule has 0 spiro atoms. The molecule has 3 rings (SSSR count). The lowest BCUT2D eigenvalue weighted by molar-refractivity contribution is 0.594. The summed E-state index contributed by atoms with van der Waals surface area (Å²) in [6, 6.07) is 5.33. The molecule has 1 aliphatic rings. The monoisotopic (exact) mass is 327 g/mol. The highest BCUT2D eigenvalue weighted by molar-refractivity contribution is 5.88. The van der Waals surface area contributed by atoms with Gasteiger partial charge in [-0.25, -0.2) is 13.6 Å². The number of aryl methyl sites for hydroxylation is 2. The fourth-order valence-corrected chi connectivity index (χ4v) is 3.38. The Kier molecular flexibility index (Phi) is 3.71. The average molecular weight is 327 g/mol. The van der Waals surface area contributed by atoms with Gasteiger partial charge in [0.15, 0.2) is 5.82 Å². The predicted octanol–water partition coefficient (Wildman–Crippen LogP) is 5.37. The molecule has 1 atom stereocenters. The van der Waals surface area contributed by atoms with Crippen molar-refractivity contribution in [3.8, 4) is 0 Å². The lowest BCUT2D eigenvalue weighted by Crippen LogP contribution is -2.36. The first-order valence-electron chi connectivity index (χ1n) is 7.77. The number of hydrogen-bond acceptors (Lipinski definition) is 2. The second kappa shape index (κ2) is 5.48. The van der Waals surface area contributed by atoms with Crippen LogP contribution >= 0.6 is 0 Å². The zero-order chi connectivity index (χ0) is 17.8. The molecule has 0 amide bonds. The molecule has 2 aromatic rings. The van der Waals surface area contributed by atoms with Gasteiger partial charge >= 0.3 is 0 Å². The molecule has 0 saturated carbocycles. The van der Waals surface area contributed by atoms with Gasteiger partial charge in [-0.05, 0) is 50.5 Å². The Morgan fingerprint density at radius 3 is 2.33 bits per heavy atom. The summed E-state index contributed by atoms with van der Waals surface area (Å²) in [6.07, 6.45) is -0.186. The van der Waals surface area contributed by atoms with Gasteiger partial charge in [0.2, 0.25) is 0 Å². The van der Waals surface area contributed by atoms with E-state index >= 15 is 0 Å². The number of rotatable bonds is 1. The lowest BCUT2D eigenvalue weighted by Gasteiger charge is -2.31. The number of fused-ring (bicyclic) bond motifs is 1. The molecular weight excluding hydrogens is 308 g/mol. The first-order chi connectivity index (χ1) is 11.3. The summed E-state index contributed by atoms with van der Waals surface area (Å²) in [5.74, 6) is -1.61. The Labute approximate surface area is 140 Å². The topological polar surface area (TPSA) is 10.8 Å². The molecule has 0 radical (unpaired) electrons. The summed E-state index contributed by atoms with van der Waals surface area (Å²) in [5, 5.41) is 0. The average Bonchev–Trinajstić information content (AvgIpc) is 2.77. The predicted molar refractivity (Wildman–Crippen MR) is 93.3 cm³/mol. The van der Waals surface area contributed by atoms with Crippen molar-refractivity contribution in [2.24, 2.45) is 0 Å². The summed E-state index contributed by atoms with van der Waals surface area (Å²) < 4.78 is 28.9. The van der Waals surface area contributed by atoms with Crippen LogP contribution in [0.15, 0.2) is 18.2 Å². The Morgan fingerprint density at radius 1 is 1.08 bits per heavy atom. The van der Waals surface area contributed by atoms with Gasteiger partial charge < -0.3 is 9.80 Å². The second-order valence-electron chi connectivity index (χ2n) is 6.29. The molecule has 1 aliphatic heterocycles. The van der Waals surface area contributed by atoms with Crippen LogP contribution in [0.4, 0.5) is 31.5 Å². The van der Waals surface area contributed by atoms with E-state index in [4.69, 9.17) is 6.57 Å². The van der Waals surface area contributed by atoms with Gasteiger partial charge in [0.1, 0.15) is 12.0 Å². The minimum atomic E-state index is -0.822. The zero-order valence-electron chi connectivity index (χ0n) is 14.4. The van der Waals surface area contributed by atoms with Crippen molar-refractivity contribution in [1.29, 1.82) is 0 Å². The number of anilines is 3. The van der Waals surface area contributed by atoms with Gasteiger partial charge in [-0.15, -0.1) is 0 Å². The van der Waals surface area contributed by atoms with Crippen LogP contribution in [0.1, 0.15) is 23.6 Å². The van der Waals surface area contributed by atoms with Crippen LogP contribution in [0.25, 0.3) is 4.85 Å². The second-order valence-corrected chi connectivity index (χ2v) is 6.29. The van der Waals surface area contributed by atoms with Crippen molar-refractivity contribution in [2.45, 2.75) is 33.9 Å². The highest BCUT2D eigenvalue weighted by Crippen LogP contribution is 2.49. The van der Waals surface area contributed by atoms with Crippen LogP contribution in [0, 0.1) is 39.0 Å². The maximum atomic E-state index is 14.7. The van der Waals surface area contributed by atoms with Crippen LogP contribution in [-0.4, -0.2) is 13.2 Å². The van der Waals surface area contributed by atoms with Crippen molar-refractivity contribution in [2.75, 3.05) is 16.8 Å². The third-order valence-corrected chi connectivity index (χ3v) is 4.95. The number of nitrogens with zero attached hydrogens (tertiary/aromatic N) is 3. The molecule has 1 heterocycles. The molecule has 0 bridgehead atoms. The van der Waals surface area contributed by atoms with Crippen molar-refractivity contribution >= 4 is 22.7 Å². The first-order valence-corrected chi connectivity index (χ1v) is 7.77. The Morgan fingerprint density at radius 2 is 1.71 bits per heavy atom. The molecule has 124 valence electrons. The molecule has 5 heteroatoms. The first kappa shape index (κ1) is 16.3. The molecule has 2 aromatic carbocycles. The van der Waals surface area contributed by atoms with E-state index in [1.807, 2.05) is 44.7 Å². The highest BCUT2D eigenvalue weighted by atomic mass is 19.1. The summed E-state index contributed by atoms with van der Waals surface area (Å²) in [4.78, 5) is 6.71. The standard InChI is InChI=1S/C19H19F2N3/c1-10-7-8-11(2)18(12(10)3)24-13(4)23(6)19-15(24)9-14(20)17(22-5)16(19)21/h7-9,13H,1-4,6H3/t13-/m0/s1. The molecule has 0 saturated heterocycles. The van der Waals surface area contributed by atoms with E-state index in [2.05, 4.69) is 4.85 Å². The summed E-state index contributed by atoms with van der Waals surface area (Å²) in [7, 11) is 1.76. The SMILES string of the molecule is [C-]#[N+]c1c(F)cc2c(c1F)N(C)[C@H](C)N2c1c(C)ccc(C)c1C. The van der Waals surface area contributed by atoms with Gasteiger partial charge in [-0.2, -0.15) is 0 Å². The minimum absolute atomic E-state index is 0.186. The van der Waals surface area contributed by atoms with E-state index in [0.717, 1.165) is 22.4 Å². The fourth-order valence-electron chi connectivity index (χ4n) is 3.38. The van der Waals surface area contributed by atoms with E-state index in [-0.39, 0.29) is 11.9 Å². The molecule has 0 N–H and O–H groups in total. The number of hydrogen-bond donors (Lipinski definition) is 0. The van der Waals surface area contributed by atoms with Crippen molar-refractivity contribution in [1.82, 2.24) is 0 Å². The van der Waals surface area contributed by atoms with Crippen LogP contribution in [0.3, 0.4) is 0 Å². The van der Waals surface area contributed by atoms with Gasteiger partial charge in [-0.3, -0.25) is 0 Å². The molecule has 0 aromatic heterocycles. The fraction of sp³-hybridized carbons (Fsp3) is 0.316. The summed E-state index contributed by atoms with van der Waals surface area (Å²) in [5.41, 5.74) is 4.39. The van der Waals surface area contributed by atoms with Crippen LogP contribution in [0.2, 0.25) is 0 Å². The Bertz CT molecular complexity index is 883. The van der Waals surface area contributed by atoms with Gasteiger partial charge in [0, 0.05) is 12.7 Å². The van der Waals surface area contributed by atoms with Crippen LogP contribution < -0.4 is 9.80 Å². The quantitative estimate of drug-likeness (QED) is 0.652. The van der Waals surface area contributed by atoms with E-state index in [9.17, 15) is 8.78 Å². The van der Waals surface area contributed by atoms with Crippen molar-refractivity contribution < 1.29 is 8.78 Å². The van der Waals surface area contributed by atoms with E-state index in [1.165, 1.54) is 6.07 Å². The minimum Gasteiger partial charge on any atom is -0.351 e. The van der Waals surface area contributed by atoms with Gasteiger partial charge in [0.25, 0.3) is 5.69 Å². The smallest absolute Gasteiger partial charge is 0.259 e. The summed E-state index contributed by atoms with van der Waals surface area (Å²) in [6.45, 7) is 15.0. The van der Waals surface area contributed by atoms with Crippen molar-refractivity contribution in [3.05, 3.63) is 57.9 Å². The highest BCUT2D eigenvalue weighted by Gasteiger charge is 2.37. The van der Waals surface area contributed by atoms with Crippen LogP contribution in [-0.2, 0) is 0 Å². The zero-order valence-corrected chi connectivity index (χ0v) is 14.4. The lowest BCUT2D eigenvalue weighted by atomic mass is 10.0. The molecule has 0 unspecified atom stereocenters. The van der Waals surface area contributed by atoms with Crippen molar-refractivity contribution in [3.63, 3.8) is 0 Å². The van der Waals surface area contributed by atoms with Gasteiger partial charge in [0.05, 0.1) is 17.9 Å². The maximum Gasteiger partial charge on any atom is 0.259 e. The third-order valence-electron chi connectivity index (χ3n) is 4.95. The van der Waals surface area contributed by atoms with Gasteiger partial charge in [-0.1, -0.05) is 12.1 Å². The molecule has 3 nitrogen and oxygen atoms in total. The number of benzene rings is 2. The molecular formula is C19H19F2N3. The van der Waals surface area contributed by atoms with E-state index in [1.54, 1.807) is 11.9 Å². The van der Waals surface area contributed by atoms with E-state index in [0.29, 0.717) is 5.69 Å². The molecule has 0 fully saturated rings. The van der Waals surface area contributed by atoms with Crippen LogP contribution in [0.5, 0.6) is 0 Å².